The Labute approximate surface area is 87.2 Å². The normalized spacial score (nSPS) is 28.7. The number of hydrogen-bond donors (Lipinski definition) is 0. The van der Waals surface area contributed by atoms with E-state index in [4.69, 9.17) is 0 Å². The zero-order valence-electron chi connectivity index (χ0n) is 8.80. The first-order valence-electron chi connectivity index (χ1n) is 5.57. The summed E-state index contributed by atoms with van der Waals surface area (Å²) < 4.78 is 0. The topological polar surface area (TPSA) is 0 Å². The van der Waals surface area contributed by atoms with Crippen molar-refractivity contribution in [3.05, 3.63) is 12.7 Å². The van der Waals surface area contributed by atoms with E-state index < -0.39 is 0 Å². The van der Waals surface area contributed by atoms with Crippen molar-refractivity contribution in [3.8, 4) is 0 Å². The molecule has 1 heteroatoms. The molecule has 1 saturated carbocycles. The van der Waals surface area contributed by atoms with E-state index >= 15 is 0 Å². The van der Waals surface area contributed by atoms with E-state index in [1.165, 1.54) is 43.6 Å². The molecule has 0 spiro atoms. The van der Waals surface area contributed by atoms with E-state index in [2.05, 4.69) is 31.3 Å². The fourth-order valence-corrected chi connectivity index (χ4v) is 3.11. The molecule has 0 aromatic carbocycles. The lowest BCUT2D eigenvalue weighted by atomic mass is 9.83. The van der Waals surface area contributed by atoms with E-state index in [0.717, 1.165) is 11.8 Å². The summed E-state index contributed by atoms with van der Waals surface area (Å²) >= 11 is 2.14. The molecule has 1 aliphatic rings. The molecule has 0 unspecified atom stereocenters. The van der Waals surface area contributed by atoms with Gasteiger partial charge in [0.15, 0.2) is 0 Å². The lowest BCUT2D eigenvalue weighted by molar-refractivity contribution is 0.335. The van der Waals surface area contributed by atoms with Crippen LogP contribution in [0.15, 0.2) is 12.7 Å². The average molecular weight is 198 g/mol. The van der Waals surface area contributed by atoms with Crippen LogP contribution >= 0.6 is 11.8 Å². The number of allylic oxidation sites excluding steroid dienone is 1. The lowest BCUT2D eigenvalue weighted by Gasteiger charge is -2.26. The Kier molecular flexibility index (Phi) is 5.61. The van der Waals surface area contributed by atoms with Gasteiger partial charge < -0.3 is 0 Å². The van der Waals surface area contributed by atoms with Crippen LogP contribution < -0.4 is 0 Å². The summed E-state index contributed by atoms with van der Waals surface area (Å²) in [7, 11) is 0. The van der Waals surface area contributed by atoms with Gasteiger partial charge >= 0.3 is 0 Å². The summed E-state index contributed by atoms with van der Waals surface area (Å²) in [4.78, 5) is 0. The Morgan fingerprint density at radius 2 is 2.00 bits per heavy atom. The van der Waals surface area contributed by atoms with Crippen molar-refractivity contribution in [1.29, 1.82) is 0 Å². The van der Waals surface area contributed by atoms with Gasteiger partial charge in [-0.15, -0.1) is 6.58 Å². The fraction of sp³-hybridized carbons (Fsp3) is 0.833. The standard InChI is InChI=1S/C12H22S/c1-3-9-13-10-12-7-5-11(4-2)6-8-12/h4,11-12H,2-3,5-10H2,1H3. The van der Waals surface area contributed by atoms with Gasteiger partial charge in [-0.3, -0.25) is 0 Å². The molecular formula is C12H22S. The first-order chi connectivity index (χ1) is 6.36. The fourth-order valence-electron chi connectivity index (χ4n) is 1.98. The van der Waals surface area contributed by atoms with Crippen molar-refractivity contribution in [1.82, 2.24) is 0 Å². The Morgan fingerprint density at radius 1 is 1.31 bits per heavy atom. The zero-order chi connectivity index (χ0) is 9.52. The van der Waals surface area contributed by atoms with Gasteiger partial charge in [0, 0.05) is 0 Å². The van der Waals surface area contributed by atoms with Crippen LogP contribution in [0.4, 0.5) is 0 Å². The predicted molar refractivity (Wildman–Crippen MR) is 63.3 cm³/mol. The minimum absolute atomic E-state index is 0.826. The first kappa shape index (κ1) is 11.2. The van der Waals surface area contributed by atoms with Crippen LogP contribution in [0.5, 0.6) is 0 Å². The van der Waals surface area contributed by atoms with Gasteiger partial charge in [-0.05, 0) is 55.4 Å². The molecule has 0 saturated heterocycles. The number of hydrogen-bond acceptors (Lipinski definition) is 1. The molecule has 0 aromatic heterocycles. The van der Waals surface area contributed by atoms with Crippen LogP contribution in [-0.2, 0) is 0 Å². The van der Waals surface area contributed by atoms with Gasteiger partial charge in [-0.2, -0.15) is 11.8 Å². The molecule has 1 fully saturated rings. The second-order valence-electron chi connectivity index (χ2n) is 4.09. The van der Waals surface area contributed by atoms with Crippen LogP contribution in [0.25, 0.3) is 0 Å². The van der Waals surface area contributed by atoms with E-state index in [9.17, 15) is 0 Å². The molecular weight excluding hydrogens is 176 g/mol. The monoisotopic (exact) mass is 198 g/mol. The molecule has 76 valence electrons. The molecule has 0 nitrogen and oxygen atoms in total. The van der Waals surface area contributed by atoms with Gasteiger partial charge in [0.1, 0.15) is 0 Å². The maximum atomic E-state index is 3.88. The van der Waals surface area contributed by atoms with Crippen molar-refractivity contribution in [2.75, 3.05) is 11.5 Å². The summed E-state index contributed by atoms with van der Waals surface area (Å²) in [6, 6.07) is 0. The van der Waals surface area contributed by atoms with E-state index in [1.807, 2.05) is 0 Å². The first-order valence-corrected chi connectivity index (χ1v) is 6.72. The third kappa shape index (κ3) is 4.21. The van der Waals surface area contributed by atoms with Crippen LogP contribution in [0, 0.1) is 11.8 Å². The number of thioether (sulfide) groups is 1. The minimum Gasteiger partial charge on any atom is -0.162 e. The van der Waals surface area contributed by atoms with E-state index in [1.54, 1.807) is 0 Å². The molecule has 0 atom stereocenters. The van der Waals surface area contributed by atoms with Gasteiger partial charge in [-0.25, -0.2) is 0 Å². The molecule has 0 aromatic rings. The van der Waals surface area contributed by atoms with Gasteiger partial charge in [0.2, 0.25) is 0 Å². The largest absolute Gasteiger partial charge is 0.162 e. The highest BCUT2D eigenvalue weighted by molar-refractivity contribution is 7.99. The van der Waals surface area contributed by atoms with Crippen molar-refractivity contribution in [2.24, 2.45) is 11.8 Å². The third-order valence-corrected chi connectivity index (χ3v) is 4.33. The second kappa shape index (κ2) is 6.53. The van der Waals surface area contributed by atoms with E-state index in [0.29, 0.717) is 0 Å². The molecule has 0 aliphatic heterocycles. The van der Waals surface area contributed by atoms with Crippen LogP contribution in [0.2, 0.25) is 0 Å². The van der Waals surface area contributed by atoms with E-state index in [-0.39, 0.29) is 0 Å². The maximum Gasteiger partial charge on any atom is -0.00391 e. The van der Waals surface area contributed by atoms with Crippen molar-refractivity contribution < 1.29 is 0 Å². The molecule has 1 rings (SSSR count). The summed E-state index contributed by atoms with van der Waals surface area (Å²) in [6.45, 7) is 6.15. The van der Waals surface area contributed by atoms with Crippen LogP contribution in [0.1, 0.15) is 39.0 Å². The highest BCUT2D eigenvalue weighted by atomic mass is 32.2. The third-order valence-electron chi connectivity index (χ3n) is 2.93. The Balaban J connectivity index is 2.07. The maximum absolute atomic E-state index is 3.88. The Bertz CT molecular complexity index is 134. The summed E-state index contributed by atoms with van der Waals surface area (Å²) in [5.74, 6) is 4.58. The zero-order valence-corrected chi connectivity index (χ0v) is 9.61. The molecule has 13 heavy (non-hydrogen) atoms. The Hall–Kier alpha value is 0.0900. The van der Waals surface area contributed by atoms with Crippen molar-refractivity contribution in [2.45, 2.75) is 39.0 Å². The Morgan fingerprint density at radius 3 is 2.54 bits per heavy atom. The molecule has 1 aliphatic carbocycles. The molecule has 0 radical (unpaired) electrons. The summed E-state index contributed by atoms with van der Waals surface area (Å²) in [5.41, 5.74) is 0. The smallest absolute Gasteiger partial charge is 0.00391 e. The quantitative estimate of drug-likeness (QED) is 0.473. The van der Waals surface area contributed by atoms with Crippen molar-refractivity contribution >= 4 is 11.8 Å². The van der Waals surface area contributed by atoms with Crippen molar-refractivity contribution in [3.63, 3.8) is 0 Å². The summed E-state index contributed by atoms with van der Waals surface area (Å²) in [6.07, 6.45) is 9.13. The highest BCUT2D eigenvalue weighted by Crippen LogP contribution is 2.31. The van der Waals surface area contributed by atoms with Crippen LogP contribution in [0.3, 0.4) is 0 Å². The SMILES string of the molecule is C=CC1CCC(CSCCC)CC1. The minimum atomic E-state index is 0.826. The highest BCUT2D eigenvalue weighted by Gasteiger charge is 2.18. The average Bonchev–Trinajstić information content (AvgIpc) is 2.19. The van der Waals surface area contributed by atoms with Crippen LogP contribution in [-0.4, -0.2) is 11.5 Å². The lowest BCUT2D eigenvalue weighted by Crippen LogP contribution is -2.14. The summed E-state index contributed by atoms with van der Waals surface area (Å²) in [5, 5.41) is 0. The van der Waals surface area contributed by atoms with Gasteiger partial charge in [0.05, 0.1) is 0 Å². The molecule has 0 bridgehead atoms. The molecule has 0 amide bonds. The predicted octanol–water partition coefficient (Wildman–Crippen LogP) is 4.12. The number of rotatable bonds is 5. The molecule has 0 heterocycles. The second-order valence-corrected chi connectivity index (χ2v) is 5.24. The molecule has 0 N–H and O–H groups in total. The van der Waals surface area contributed by atoms with Gasteiger partial charge in [-0.1, -0.05) is 13.0 Å². The van der Waals surface area contributed by atoms with Gasteiger partial charge in [0.25, 0.3) is 0 Å².